The van der Waals surface area contributed by atoms with E-state index in [0.29, 0.717) is 17.5 Å². The van der Waals surface area contributed by atoms with Gasteiger partial charge < -0.3 is 19.4 Å². The summed E-state index contributed by atoms with van der Waals surface area (Å²) in [4.78, 5) is 18.6. The summed E-state index contributed by atoms with van der Waals surface area (Å²) < 4.78 is 12.4. The maximum Gasteiger partial charge on any atom is 0.325 e. The summed E-state index contributed by atoms with van der Waals surface area (Å²) in [6, 6.07) is 15.1. The molecule has 1 fully saturated rings. The van der Waals surface area contributed by atoms with Crippen LogP contribution in [0.4, 0.5) is 0 Å². The molecule has 0 amide bonds. The lowest BCUT2D eigenvalue weighted by atomic mass is 10.0. The Kier molecular flexibility index (Phi) is 6.38. The van der Waals surface area contributed by atoms with Crippen molar-refractivity contribution in [3.8, 4) is 11.3 Å². The zero-order valence-electron chi connectivity index (χ0n) is 17.2. The number of aryl methyl sites for hydroxylation is 1. The van der Waals surface area contributed by atoms with Crippen LogP contribution in [0.5, 0.6) is 0 Å². The van der Waals surface area contributed by atoms with E-state index in [1.54, 1.807) is 18.0 Å². The molecule has 1 aromatic carbocycles. The first kappa shape index (κ1) is 21.5. The molecule has 4 rings (SSSR count). The van der Waals surface area contributed by atoms with E-state index in [9.17, 15) is 4.79 Å². The van der Waals surface area contributed by atoms with Gasteiger partial charge in [-0.1, -0.05) is 28.1 Å². The first-order chi connectivity index (χ1) is 15.0. The summed E-state index contributed by atoms with van der Waals surface area (Å²) in [7, 11) is 0. The minimum atomic E-state index is -0.343. The molecule has 3 heterocycles. The number of halogens is 1. The number of ether oxygens (including phenoxy) is 1. The lowest BCUT2D eigenvalue weighted by Crippen LogP contribution is -2.35. The Morgan fingerprint density at radius 1 is 1.29 bits per heavy atom. The van der Waals surface area contributed by atoms with Crippen LogP contribution < -0.4 is 5.32 Å². The number of pyridine rings is 1. The Morgan fingerprint density at radius 2 is 2.13 bits per heavy atom. The quantitative estimate of drug-likeness (QED) is 0.380. The summed E-state index contributed by atoms with van der Waals surface area (Å²) in [6.07, 6.45) is 1.74. The van der Waals surface area contributed by atoms with Crippen LogP contribution in [0.25, 0.3) is 11.3 Å². The van der Waals surface area contributed by atoms with E-state index < -0.39 is 0 Å². The molecule has 0 unspecified atom stereocenters. The Balaban J connectivity index is 1.72. The van der Waals surface area contributed by atoms with Gasteiger partial charge in [-0.2, -0.15) is 0 Å². The number of thiocarbonyl (C=S) groups is 1. The van der Waals surface area contributed by atoms with Gasteiger partial charge in [0.25, 0.3) is 0 Å². The molecule has 31 heavy (non-hydrogen) atoms. The van der Waals surface area contributed by atoms with Gasteiger partial charge in [-0.3, -0.25) is 9.78 Å². The number of rotatable bonds is 6. The molecule has 0 radical (unpaired) electrons. The number of benzene rings is 1. The van der Waals surface area contributed by atoms with E-state index in [-0.39, 0.29) is 24.6 Å². The molecule has 1 saturated heterocycles. The third-order valence-corrected chi connectivity index (χ3v) is 6.12. The van der Waals surface area contributed by atoms with E-state index in [2.05, 4.69) is 26.2 Å². The summed E-state index contributed by atoms with van der Waals surface area (Å²) in [6.45, 7) is 4.16. The van der Waals surface area contributed by atoms with Crippen LogP contribution in [-0.2, 0) is 9.53 Å². The number of hydrogen-bond acceptors (Lipinski definition) is 5. The second kappa shape index (κ2) is 9.20. The molecule has 6 nitrogen and oxygen atoms in total. The highest BCUT2D eigenvalue weighted by Gasteiger charge is 2.42. The lowest BCUT2D eigenvalue weighted by Gasteiger charge is -2.25. The number of carbonyl (C=O) groups excluding carboxylic acids is 1. The van der Waals surface area contributed by atoms with Crippen molar-refractivity contribution in [2.45, 2.75) is 25.9 Å². The predicted molar refractivity (Wildman–Crippen MR) is 125 cm³/mol. The molecule has 1 N–H and O–H groups in total. The fourth-order valence-electron chi connectivity index (χ4n) is 3.71. The largest absolute Gasteiger partial charge is 0.465 e. The molecule has 0 aliphatic carbocycles. The molecule has 1 aliphatic heterocycles. The van der Waals surface area contributed by atoms with Crippen LogP contribution in [0.2, 0.25) is 0 Å². The van der Waals surface area contributed by atoms with Gasteiger partial charge >= 0.3 is 5.97 Å². The SMILES string of the molecule is CCOC(=O)CN1C(=S)N[C@H](c2ccccn2)[C@H]1c1ccc(-c2ccc(C)cc2Br)o1. The van der Waals surface area contributed by atoms with E-state index in [0.717, 1.165) is 27.1 Å². The molecule has 3 aromatic rings. The van der Waals surface area contributed by atoms with Crippen LogP contribution >= 0.6 is 28.1 Å². The predicted octanol–water partition coefficient (Wildman–Crippen LogP) is 4.95. The highest BCUT2D eigenvalue weighted by molar-refractivity contribution is 9.10. The van der Waals surface area contributed by atoms with Gasteiger partial charge in [0.2, 0.25) is 0 Å². The number of esters is 1. The number of aromatic nitrogens is 1. The van der Waals surface area contributed by atoms with Gasteiger partial charge in [0, 0.05) is 16.2 Å². The van der Waals surface area contributed by atoms with Crippen LogP contribution in [0.1, 0.15) is 36.0 Å². The molecule has 0 bridgehead atoms. The third kappa shape index (κ3) is 4.50. The van der Waals surface area contributed by atoms with Crippen molar-refractivity contribution >= 4 is 39.2 Å². The minimum Gasteiger partial charge on any atom is -0.465 e. The minimum absolute atomic E-state index is 0.0257. The average molecular weight is 500 g/mol. The summed E-state index contributed by atoms with van der Waals surface area (Å²) in [5, 5.41) is 3.76. The molecule has 2 atom stereocenters. The standard InChI is InChI=1S/C23H22BrN3O3S/c1-3-29-20(28)13-27-22(21(26-23(27)31)17-6-4-5-11-25-17)19-10-9-18(30-19)15-8-7-14(2)12-16(15)24/h4-12,21-22H,3,13H2,1-2H3,(H,26,31)/t21-,22-/m1/s1. The monoisotopic (exact) mass is 499 g/mol. The maximum atomic E-state index is 12.3. The van der Waals surface area contributed by atoms with Gasteiger partial charge in [0.15, 0.2) is 5.11 Å². The van der Waals surface area contributed by atoms with Gasteiger partial charge in [-0.15, -0.1) is 0 Å². The van der Waals surface area contributed by atoms with Crippen molar-refractivity contribution < 1.29 is 13.9 Å². The van der Waals surface area contributed by atoms with E-state index in [1.165, 1.54) is 0 Å². The first-order valence-electron chi connectivity index (χ1n) is 9.98. The number of carbonyl (C=O) groups is 1. The third-order valence-electron chi connectivity index (χ3n) is 5.11. The van der Waals surface area contributed by atoms with Gasteiger partial charge in [-0.05, 0) is 68.0 Å². The molecule has 1 aliphatic rings. The first-order valence-corrected chi connectivity index (χ1v) is 11.2. The molecule has 160 valence electrons. The molecular weight excluding hydrogens is 478 g/mol. The number of hydrogen-bond donors (Lipinski definition) is 1. The Labute approximate surface area is 194 Å². The van der Waals surface area contributed by atoms with Crippen LogP contribution in [-0.4, -0.2) is 34.1 Å². The van der Waals surface area contributed by atoms with Gasteiger partial charge in [0.05, 0.1) is 18.3 Å². The lowest BCUT2D eigenvalue weighted by molar-refractivity contribution is -0.143. The zero-order chi connectivity index (χ0) is 22.0. The van der Waals surface area contributed by atoms with Crippen molar-refractivity contribution in [3.05, 3.63) is 76.2 Å². The average Bonchev–Trinajstić information content (AvgIpc) is 3.34. The van der Waals surface area contributed by atoms with Crippen molar-refractivity contribution in [3.63, 3.8) is 0 Å². The van der Waals surface area contributed by atoms with Crippen molar-refractivity contribution in [1.29, 1.82) is 0 Å². The summed E-state index contributed by atoms with van der Waals surface area (Å²) >= 11 is 9.18. The van der Waals surface area contributed by atoms with E-state index in [4.69, 9.17) is 21.4 Å². The highest BCUT2D eigenvalue weighted by atomic mass is 79.9. The zero-order valence-corrected chi connectivity index (χ0v) is 19.6. The summed E-state index contributed by atoms with van der Waals surface area (Å²) in [5.41, 5.74) is 2.93. The summed E-state index contributed by atoms with van der Waals surface area (Å²) in [5.74, 6) is 1.08. The number of furan rings is 1. The maximum absolute atomic E-state index is 12.3. The Morgan fingerprint density at radius 3 is 2.84 bits per heavy atom. The van der Waals surface area contributed by atoms with Gasteiger partial charge in [0.1, 0.15) is 24.1 Å². The number of nitrogens with zero attached hydrogens (tertiary/aromatic N) is 2. The van der Waals surface area contributed by atoms with Crippen molar-refractivity contribution in [2.75, 3.05) is 13.2 Å². The normalized spacial score (nSPS) is 18.2. The molecular formula is C23H22BrN3O3S. The van der Waals surface area contributed by atoms with Crippen LogP contribution in [0.15, 0.2) is 63.6 Å². The van der Waals surface area contributed by atoms with Crippen LogP contribution in [0.3, 0.4) is 0 Å². The highest BCUT2D eigenvalue weighted by Crippen LogP contribution is 2.41. The molecule has 8 heteroatoms. The van der Waals surface area contributed by atoms with Crippen molar-refractivity contribution in [2.24, 2.45) is 0 Å². The molecule has 0 saturated carbocycles. The van der Waals surface area contributed by atoms with E-state index >= 15 is 0 Å². The van der Waals surface area contributed by atoms with E-state index in [1.807, 2.05) is 55.5 Å². The topological polar surface area (TPSA) is 67.6 Å². The molecule has 2 aromatic heterocycles. The van der Waals surface area contributed by atoms with Gasteiger partial charge in [-0.25, -0.2) is 0 Å². The Hall–Kier alpha value is -2.71. The second-order valence-electron chi connectivity index (χ2n) is 7.24. The fraction of sp³-hybridized carbons (Fsp3) is 0.261. The molecule has 0 spiro atoms. The second-order valence-corrected chi connectivity index (χ2v) is 8.49. The smallest absolute Gasteiger partial charge is 0.325 e. The Bertz CT molecular complexity index is 1100. The fourth-order valence-corrected chi connectivity index (χ4v) is 4.70. The van der Waals surface area contributed by atoms with Crippen molar-refractivity contribution in [1.82, 2.24) is 15.2 Å². The number of nitrogens with one attached hydrogen (secondary N) is 1. The van der Waals surface area contributed by atoms with Crippen LogP contribution in [0, 0.1) is 6.92 Å².